The first-order valence-electron chi connectivity index (χ1n) is 16.4. The highest BCUT2D eigenvalue weighted by atomic mass is 19.3. The van der Waals surface area contributed by atoms with Gasteiger partial charge in [-0.3, -0.25) is 9.69 Å². The van der Waals surface area contributed by atoms with E-state index < -0.39 is 18.1 Å². The highest BCUT2D eigenvalue weighted by Crippen LogP contribution is 2.36. The molecule has 2 atom stereocenters. The Kier molecular flexibility index (Phi) is 14.9. The fourth-order valence-corrected chi connectivity index (χ4v) is 5.49. The fourth-order valence-electron chi connectivity index (χ4n) is 5.49. The summed E-state index contributed by atoms with van der Waals surface area (Å²) in [6.45, 7) is 11.5. The summed E-state index contributed by atoms with van der Waals surface area (Å²) in [4.78, 5) is 25.8. The Morgan fingerprint density at radius 2 is 2.02 bits per heavy atom. The molecule has 2 aliphatic rings. The molecule has 8 nitrogen and oxygen atoms in total. The number of halogens is 2. The van der Waals surface area contributed by atoms with Crippen molar-refractivity contribution in [2.45, 2.75) is 97.7 Å². The van der Waals surface area contributed by atoms with Crippen LogP contribution in [0.1, 0.15) is 83.8 Å². The molecule has 2 unspecified atom stereocenters. The number of benzene rings is 1. The topological polar surface area (TPSA) is 86.3 Å². The number of amides is 2. The molecule has 1 aromatic carbocycles. The van der Waals surface area contributed by atoms with Crippen molar-refractivity contribution in [1.82, 2.24) is 5.32 Å². The lowest BCUT2D eigenvalue weighted by Gasteiger charge is -2.23. The first-order chi connectivity index (χ1) is 22.1. The summed E-state index contributed by atoms with van der Waals surface area (Å²) in [5.41, 5.74) is 2.78. The predicted molar refractivity (Wildman–Crippen MR) is 177 cm³/mol. The maximum absolute atomic E-state index is 14.4. The van der Waals surface area contributed by atoms with Gasteiger partial charge in [0.15, 0.2) is 6.10 Å². The Labute approximate surface area is 272 Å². The molecule has 1 aliphatic carbocycles. The van der Waals surface area contributed by atoms with Gasteiger partial charge < -0.3 is 24.3 Å². The van der Waals surface area contributed by atoms with Crippen molar-refractivity contribution in [3.63, 3.8) is 0 Å². The van der Waals surface area contributed by atoms with Crippen LogP contribution in [0.5, 0.6) is 0 Å². The van der Waals surface area contributed by atoms with Gasteiger partial charge in [0.25, 0.3) is 5.92 Å². The molecule has 1 aromatic rings. The largest absolute Gasteiger partial charge is 0.494 e. The number of cyclic esters (lactones) is 1. The predicted octanol–water partition coefficient (Wildman–Crippen LogP) is 8.02. The molecule has 3 rings (SSSR count). The van der Waals surface area contributed by atoms with Gasteiger partial charge in [-0.15, -0.1) is 0 Å². The van der Waals surface area contributed by atoms with Gasteiger partial charge in [0, 0.05) is 42.5 Å². The number of hydrogen-bond acceptors (Lipinski definition) is 6. The Balaban J connectivity index is 1.63. The lowest BCUT2D eigenvalue weighted by molar-refractivity contribution is -0.108. The smallest absolute Gasteiger partial charge is 0.414 e. The second-order valence-corrected chi connectivity index (χ2v) is 11.6. The van der Waals surface area contributed by atoms with E-state index in [0.29, 0.717) is 49.5 Å². The third kappa shape index (κ3) is 11.1. The first kappa shape index (κ1) is 37.0. The summed E-state index contributed by atoms with van der Waals surface area (Å²) in [5, 5.41) is 2.60. The molecular weight excluding hydrogens is 594 g/mol. The highest BCUT2D eigenvalue weighted by molar-refractivity contribution is 5.90. The van der Waals surface area contributed by atoms with Crippen LogP contribution in [0.15, 0.2) is 59.0 Å². The fraction of sp³-hybridized carbons (Fsp3) is 0.556. The number of nitrogens with zero attached hydrogens (tertiary/aromatic N) is 1. The number of anilines is 1. The third-order valence-corrected chi connectivity index (χ3v) is 7.93. The maximum atomic E-state index is 14.4. The number of alkyl halides is 2. The average molecular weight is 645 g/mol. The molecule has 1 aliphatic heterocycles. The second kappa shape index (κ2) is 18.6. The van der Waals surface area contributed by atoms with Crippen LogP contribution in [-0.4, -0.2) is 63.6 Å². The summed E-state index contributed by atoms with van der Waals surface area (Å²) in [5.74, 6) is -2.15. The van der Waals surface area contributed by atoms with Crippen molar-refractivity contribution < 1.29 is 37.3 Å². The molecule has 46 heavy (non-hydrogen) atoms. The van der Waals surface area contributed by atoms with Gasteiger partial charge in [-0.2, -0.15) is 0 Å². The summed E-state index contributed by atoms with van der Waals surface area (Å²) in [6, 6.07) is 5.42. The van der Waals surface area contributed by atoms with Crippen molar-refractivity contribution in [2.24, 2.45) is 0 Å². The van der Waals surface area contributed by atoms with Crippen molar-refractivity contribution in [3.8, 4) is 0 Å². The Hall–Kier alpha value is -3.50. The lowest BCUT2D eigenvalue weighted by Crippen LogP contribution is -2.26. The van der Waals surface area contributed by atoms with Crippen LogP contribution in [0.25, 0.3) is 6.08 Å². The zero-order valence-electron chi connectivity index (χ0n) is 27.9. The molecule has 0 aromatic heterocycles. The molecule has 1 N–H and O–H groups in total. The van der Waals surface area contributed by atoms with Crippen LogP contribution < -0.4 is 10.2 Å². The number of nitrogens with one attached hydrogen (secondary N) is 1. The summed E-state index contributed by atoms with van der Waals surface area (Å²) in [7, 11) is 0. The number of aryl methyl sites for hydroxylation is 1. The molecule has 0 radical (unpaired) electrons. The zero-order chi connectivity index (χ0) is 33.5. The minimum atomic E-state index is -3.01. The summed E-state index contributed by atoms with van der Waals surface area (Å²) >= 11 is 0. The van der Waals surface area contributed by atoms with Gasteiger partial charge >= 0.3 is 6.09 Å². The van der Waals surface area contributed by atoms with Crippen molar-refractivity contribution in [3.05, 3.63) is 70.2 Å². The van der Waals surface area contributed by atoms with E-state index in [1.54, 1.807) is 29.2 Å². The quantitative estimate of drug-likeness (QED) is 0.0879. The molecule has 0 bridgehead atoms. The van der Waals surface area contributed by atoms with E-state index in [1.807, 2.05) is 19.1 Å². The van der Waals surface area contributed by atoms with Crippen molar-refractivity contribution in [2.75, 3.05) is 37.9 Å². The molecular formula is C36H50F2N2O6. The van der Waals surface area contributed by atoms with E-state index in [9.17, 15) is 18.4 Å². The molecule has 0 saturated carbocycles. The number of rotatable bonds is 20. The maximum Gasteiger partial charge on any atom is 0.414 e. The molecule has 254 valence electrons. The highest BCUT2D eigenvalue weighted by Gasteiger charge is 2.34. The zero-order valence-corrected chi connectivity index (χ0v) is 27.9. The normalized spacial score (nSPS) is 18.2. The standard InChI is InChI=1S/C36H50F2N2O6/c1-6-11-30(17-16-29(8-3)44-20-19-43-18-7-2)45-24-31-23-40(35(42)46-31)28-15-14-27(26(4)21-28)22-34(39-25-41)32-12-9-10-13-33(32)36(5,37)38/h9,11-12,14-15,21-22,25,29,31H,6-8,10,13,16-20,23-24H2,1-5H3,(H,39,41)/b30-11+,34-22-. The van der Waals surface area contributed by atoms with E-state index in [2.05, 4.69) is 32.2 Å². The number of carbonyl (C=O) groups excluding carboxylic acids is 2. The summed E-state index contributed by atoms with van der Waals surface area (Å²) in [6.07, 6.45) is 11.9. The van der Waals surface area contributed by atoms with Gasteiger partial charge in [0.1, 0.15) is 6.61 Å². The third-order valence-electron chi connectivity index (χ3n) is 7.93. The molecule has 1 heterocycles. The number of allylic oxidation sites excluding steroid dienone is 5. The van der Waals surface area contributed by atoms with Gasteiger partial charge in [-0.25, -0.2) is 13.6 Å². The van der Waals surface area contributed by atoms with Crippen LogP contribution in [-0.2, 0) is 23.7 Å². The van der Waals surface area contributed by atoms with Gasteiger partial charge in [0.05, 0.1) is 31.6 Å². The Bertz CT molecular complexity index is 1280. The van der Waals surface area contributed by atoms with E-state index >= 15 is 0 Å². The number of ether oxygens (including phenoxy) is 4. The van der Waals surface area contributed by atoms with Crippen LogP contribution in [0.3, 0.4) is 0 Å². The van der Waals surface area contributed by atoms with Crippen LogP contribution in [0, 0.1) is 6.92 Å². The van der Waals surface area contributed by atoms with E-state index in [1.165, 1.54) is 0 Å². The van der Waals surface area contributed by atoms with Crippen molar-refractivity contribution >= 4 is 24.3 Å². The second-order valence-electron chi connectivity index (χ2n) is 11.6. The van der Waals surface area contributed by atoms with E-state index in [4.69, 9.17) is 18.9 Å². The monoisotopic (exact) mass is 644 g/mol. The number of carbonyl (C=O) groups is 2. The minimum absolute atomic E-state index is 0.0127. The number of hydrogen-bond donors (Lipinski definition) is 1. The van der Waals surface area contributed by atoms with Gasteiger partial charge in [0.2, 0.25) is 6.41 Å². The molecule has 0 spiro atoms. The van der Waals surface area contributed by atoms with Gasteiger partial charge in [-0.05, 0) is 80.9 Å². The Morgan fingerprint density at radius 3 is 2.70 bits per heavy atom. The molecule has 1 fully saturated rings. The molecule has 10 heteroatoms. The first-order valence-corrected chi connectivity index (χ1v) is 16.4. The van der Waals surface area contributed by atoms with Crippen molar-refractivity contribution in [1.29, 1.82) is 0 Å². The molecule has 1 saturated heterocycles. The van der Waals surface area contributed by atoms with Crippen LogP contribution in [0.2, 0.25) is 0 Å². The Morgan fingerprint density at radius 1 is 1.22 bits per heavy atom. The van der Waals surface area contributed by atoms with Crippen LogP contribution in [0.4, 0.5) is 19.3 Å². The molecule has 2 amide bonds. The summed E-state index contributed by atoms with van der Waals surface area (Å²) < 4.78 is 52.0. The van der Waals surface area contributed by atoms with E-state index in [0.717, 1.165) is 62.5 Å². The SMILES string of the molecule is CC/C=C(\CCC(CC)OCCOCCC)OCC1CN(c2ccc(/C=C(\NC=O)C3=C(C(C)(F)F)CCC=C3)c(C)c2)C(=O)O1. The average Bonchev–Trinajstić information content (AvgIpc) is 3.41. The van der Waals surface area contributed by atoms with E-state index in [-0.39, 0.29) is 24.7 Å². The minimum Gasteiger partial charge on any atom is -0.494 e. The lowest BCUT2D eigenvalue weighted by atomic mass is 9.90. The van der Waals surface area contributed by atoms with Crippen LogP contribution >= 0.6 is 0 Å². The van der Waals surface area contributed by atoms with Gasteiger partial charge in [-0.1, -0.05) is 39.0 Å².